The van der Waals surface area contributed by atoms with Crippen LogP contribution in [0.3, 0.4) is 0 Å². The first-order chi connectivity index (χ1) is 8.47. The van der Waals surface area contributed by atoms with Gasteiger partial charge in [0, 0.05) is 11.6 Å². The lowest BCUT2D eigenvalue weighted by atomic mass is 9.93. The van der Waals surface area contributed by atoms with E-state index in [0.717, 1.165) is 25.6 Å². The first kappa shape index (κ1) is 14.7. The molecule has 2 unspecified atom stereocenters. The Balaban J connectivity index is 2.01. The Morgan fingerprint density at radius 3 is 2.78 bits per heavy atom. The van der Waals surface area contributed by atoms with Gasteiger partial charge in [0.1, 0.15) is 0 Å². The number of carbonyl (C=O) groups excluding carboxylic acids is 1. The molecule has 1 aromatic heterocycles. The van der Waals surface area contributed by atoms with Crippen molar-refractivity contribution >= 4 is 49.0 Å². The number of halogens is 2. The minimum absolute atomic E-state index is 0.213. The summed E-state index contributed by atoms with van der Waals surface area (Å²) < 4.78 is 1.93. The molecule has 1 aliphatic rings. The number of hydrogen-bond donors (Lipinski definition) is 0. The molecule has 2 atom stereocenters. The summed E-state index contributed by atoms with van der Waals surface area (Å²) in [7, 11) is 0. The average Bonchev–Trinajstić information content (AvgIpc) is 2.62. The molecule has 5 heteroatoms. The lowest BCUT2D eigenvalue weighted by Crippen LogP contribution is -2.43. The van der Waals surface area contributed by atoms with Gasteiger partial charge in [-0.25, -0.2) is 0 Å². The van der Waals surface area contributed by atoms with Crippen molar-refractivity contribution in [3.63, 3.8) is 0 Å². The molecule has 0 bridgehead atoms. The van der Waals surface area contributed by atoms with Crippen LogP contribution in [0.1, 0.15) is 37.0 Å². The molecular formula is C13H17Br2NOS. The molecular weight excluding hydrogens is 378 g/mol. The number of rotatable bonds is 3. The maximum atomic E-state index is 12.3. The van der Waals surface area contributed by atoms with E-state index in [1.807, 2.05) is 6.07 Å². The van der Waals surface area contributed by atoms with Gasteiger partial charge in [0.15, 0.2) is 5.78 Å². The van der Waals surface area contributed by atoms with Crippen molar-refractivity contribution in [3.05, 3.63) is 19.2 Å². The first-order valence-electron chi connectivity index (χ1n) is 6.19. The van der Waals surface area contributed by atoms with Gasteiger partial charge < -0.3 is 0 Å². The maximum Gasteiger partial charge on any atom is 0.178 e. The zero-order valence-electron chi connectivity index (χ0n) is 10.6. The lowest BCUT2D eigenvalue weighted by molar-refractivity contribution is 0.0816. The summed E-state index contributed by atoms with van der Waals surface area (Å²) in [5.41, 5.74) is 0.803. The molecule has 1 aromatic rings. The molecule has 1 aliphatic heterocycles. The number of hydrogen-bond acceptors (Lipinski definition) is 3. The highest BCUT2D eigenvalue weighted by Gasteiger charge is 2.25. The zero-order valence-corrected chi connectivity index (χ0v) is 14.6. The number of carbonyl (C=O) groups is 1. The van der Waals surface area contributed by atoms with E-state index in [1.165, 1.54) is 12.8 Å². The van der Waals surface area contributed by atoms with E-state index in [4.69, 9.17) is 0 Å². The Bertz CT molecular complexity index is 446. The number of thiophene rings is 1. The fourth-order valence-corrected chi connectivity index (χ4v) is 5.35. The average molecular weight is 395 g/mol. The van der Waals surface area contributed by atoms with Gasteiger partial charge in [0.25, 0.3) is 0 Å². The number of piperidine rings is 1. The number of Topliss-reactive ketones (excluding diaryl/α,β-unsaturated/α-hetero) is 1. The fourth-order valence-electron chi connectivity index (χ4n) is 2.49. The van der Waals surface area contributed by atoms with Crippen LogP contribution in [0.5, 0.6) is 0 Å². The van der Waals surface area contributed by atoms with Crippen molar-refractivity contribution in [3.8, 4) is 0 Å². The second kappa shape index (κ2) is 6.16. The first-order valence-corrected chi connectivity index (χ1v) is 8.59. The Hall–Kier alpha value is 0.290. The van der Waals surface area contributed by atoms with Gasteiger partial charge in [-0.3, -0.25) is 9.69 Å². The van der Waals surface area contributed by atoms with E-state index < -0.39 is 0 Å². The van der Waals surface area contributed by atoms with E-state index >= 15 is 0 Å². The predicted molar refractivity (Wildman–Crippen MR) is 83.5 cm³/mol. The second-order valence-corrected chi connectivity index (χ2v) is 8.86. The summed E-state index contributed by atoms with van der Waals surface area (Å²) in [6.45, 7) is 6.09. The van der Waals surface area contributed by atoms with Gasteiger partial charge in [-0.15, -0.1) is 11.3 Å². The van der Waals surface area contributed by atoms with E-state index in [9.17, 15) is 4.79 Å². The molecule has 0 radical (unpaired) electrons. The van der Waals surface area contributed by atoms with Crippen molar-refractivity contribution in [2.45, 2.75) is 32.7 Å². The van der Waals surface area contributed by atoms with Crippen LogP contribution in [0, 0.1) is 5.92 Å². The van der Waals surface area contributed by atoms with Crippen LogP contribution in [0.2, 0.25) is 0 Å². The van der Waals surface area contributed by atoms with Gasteiger partial charge >= 0.3 is 0 Å². The molecule has 0 N–H and O–H groups in total. The molecule has 100 valence electrons. The third kappa shape index (κ3) is 3.44. The molecule has 0 aromatic carbocycles. The van der Waals surface area contributed by atoms with Crippen molar-refractivity contribution < 1.29 is 4.79 Å². The minimum atomic E-state index is 0.213. The van der Waals surface area contributed by atoms with Crippen molar-refractivity contribution in [2.75, 3.05) is 13.1 Å². The van der Waals surface area contributed by atoms with Crippen LogP contribution < -0.4 is 0 Å². The summed E-state index contributed by atoms with van der Waals surface area (Å²) in [5, 5.41) is 0. The third-order valence-corrected chi connectivity index (χ3v) is 5.92. The molecule has 0 aliphatic carbocycles. The number of likely N-dealkylation sites (tertiary alicyclic amines) is 1. The molecule has 1 saturated heterocycles. The van der Waals surface area contributed by atoms with Crippen LogP contribution in [0.4, 0.5) is 0 Å². The SMILES string of the molecule is CC1CCN(CC(=O)c2cc(Br)sc2Br)C(C)C1. The van der Waals surface area contributed by atoms with Gasteiger partial charge in [-0.05, 0) is 70.2 Å². The molecule has 2 nitrogen and oxygen atoms in total. The second-order valence-electron chi connectivity index (χ2n) is 5.11. The van der Waals surface area contributed by atoms with Gasteiger partial charge in [-0.2, -0.15) is 0 Å². The van der Waals surface area contributed by atoms with E-state index in [1.54, 1.807) is 11.3 Å². The number of ketones is 1. The van der Waals surface area contributed by atoms with Crippen molar-refractivity contribution in [1.29, 1.82) is 0 Å². The maximum absolute atomic E-state index is 12.3. The van der Waals surface area contributed by atoms with Crippen LogP contribution in [0.25, 0.3) is 0 Å². The van der Waals surface area contributed by atoms with Crippen LogP contribution >= 0.6 is 43.2 Å². The van der Waals surface area contributed by atoms with Crippen molar-refractivity contribution in [2.24, 2.45) is 5.92 Å². The minimum Gasteiger partial charge on any atom is -0.293 e. The van der Waals surface area contributed by atoms with Crippen LogP contribution in [-0.4, -0.2) is 29.8 Å². The fraction of sp³-hybridized carbons (Fsp3) is 0.615. The van der Waals surface area contributed by atoms with Gasteiger partial charge in [-0.1, -0.05) is 6.92 Å². The summed E-state index contributed by atoms with van der Waals surface area (Å²) in [4.78, 5) is 14.6. The Kier molecular flexibility index (Phi) is 5.03. The third-order valence-electron chi connectivity index (χ3n) is 3.58. The van der Waals surface area contributed by atoms with Crippen molar-refractivity contribution in [1.82, 2.24) is 4.90 Å². The lowest BCUT2D eigenvalue weighted by Gasteiger charge is -2.35. The zero-order chi connectivity index (χ0) is 13.3. The Morgan fingerprint density at radius 2 is 2.22 bits per heavy atom. The van der Waals surface area contributed by atoms with Gasteiger partial charge in [0.2, 0.25) is 0 Å². The van der Waals surface area contributed by atoms with Crippen LogP contribution in [0.15, 0.2) is 13.6 Å². The van der Waals surface area contributed by atoms with Crippen LogP contribution in [-0.2, 0) is 0 Å². The summed E-state index contributed by atoms with van der Waals surface area (Å²) >= 11 is 8.43. The molecule has 2 rings (SSSR count). The predicted octanol–water partition coefficient (Wildman–Crippen LogP) is 4.58. The molecule has 0 saturated carbocycles. The molecule has 2 heterocycles. The highest BCUT2D eigenvalue weighted by Crippen LogP contribution is 2.32. The highest BCUT2D eigenvalue weighted by molar-refractivity contribution is 9.12. The summed E-state index contributed by atoms with van der Waals surface area (Å²) in [6, 6.07) is 2.42. The molecule has 18 heavy (non-hydrogen) atoms. The normalized spacial score (nSPS) is 25.3. The Labute approximate surface area is 129 Å². The van der Waals surface area contributed by atoms with Gasteiger partial charge in [0.05, 0.1) is 14.1 Å². The smallest absolute Gasteiger partial charge is 0.178 e. The topological polar surface area (TPSA) is 20.3 Å². The highest BCUT2D eigenvalue weighted by atomic mass is 79.9. The standard InChI is InChI=1S/C13H17Br2NOS/c1-8-3-4-16(9(2)5-8)7-11(17)10-6-12(14)18-13(10)15/h6,8-9H,3-5,7H2,1-2H3. The van der Waals surface area contributed by atoms with E-state index in [0.29, 0.717) is 12.6 Å². The monoisotopic (exact) mass is 393 g/mol. The van der Waals surface area contributed by atoms with E-state index in [2.05, 4.69) is 50.6 Å². The summed E-state index contributed by atoms with van der Waals surface area (Å²) in [6.07, 6.45) is 2.40. The largest absolute Gasteiger partial charge is 0.293 e. The molecule has 0 spiro atoms. The number of nitrogens with zero attached hydrogens (tertiary/aromatic N) is 1. The summed E-state index contributed by atoms with van der Waals surface area (Å²) in [5.74, 6) is 0.999. The Morgan fingerprint density at radius 1 is 1.50 bits per heavy atom. The molecule has 1 fully saturated rings. The van der Waals surface area contributed by atoms with E-state index in [-0.39, 0.29) is 5.78 Å². The molecule has 0 amide bonds. The quantitative estimate of drug-likeness (QED) is 0.699.